The van der Waals surface area contributed by atoms with E-state index in [1.165, 1.54) is 17.7 Å². The van der Waals surface area contributed by atoms with Gasteiger partial charge in [0, 0.05) is 21.5 Å². The largest absolute Gasteiger partial charge is 0.455 e. The van der Waals surface area contributed by atoms with Gasteiger partial charge in [-0.15, -0.1) is 0 Å². The quantitative estimate of drug-likeness (QED) is 0.272. The first kappa shape index (κ1) is 19.5. The summed E-state index contributed by atoms with van der Waals surface area (Å²) in [6.07, 6.45) is 0.906. The number of benzene rings is 3. The molecule has 6 heteroatoms. The third-order valence-electron chi connectivity index (χ3n) is 6.29. The number of rotatable bonds is 2. The van der Waals surface area contributed by atoms with E-state index in [1.807, 2.05) is 25.1 Å². The van der Waals surface area contributed by atoms with Crippen LogP contribution in [0.25, 0.3) is 49.1 Å². The van der Waals surface area contributed by atoms with Crippen LogP contribution in [-0.2, 0) is 0 Å². The summed E-state index contributed by atoms with van der Waals surface area (Å²) in [4.78, 5) is 24.9. The average molecular weight is 420 g/mol. The van der Waals surface area contributed by atoms with E-state index in [-0.39, 0.29) is 27.5 Å². The van der Waals surface area contributed by atoms with Crippen molar-refractivity contribution in [1.82, 2.24) is 0 Å². The third kappa shape index (κ3) is 2.50. The van der Waals surface area contributed by atoms with Gasteiger partial charge in [-0.25, -0.2) is 9.59 Å². The van der Waals surface area contributed by atoms with Crippen molar-refractivity contribution in [1.29, 1.82) is 10.5 Å². The van der Waals surface area contributed by atoms with Gasteiger partial charge in [0.25, 0.3) is 0 Å². The summed E-state index contributed by atoms with van der Waals surface area (Å²) < 4.78 is 11.0. The van der Waals surface area contributed by atoms with E-state index in [0.717, 1.165) is 17.6 Å². The van der Waals surface area contributed by atoms with Crippen LogP contribution in [0.4, 0.5) is 0 Å². The molecule has 5 aromatic rings. The highest BCUT2D eigenvalue weighted by molar-refractivity contribution is 6.28. The molecule has 0 unspecified atom stereocenters. The summed E-state index contributed by atoms with van der Waals surface area (Å²) in [6.45, 7) is 6.20. The van der Waals surface area contributed by atoms with Gasteiger partial charge in [0.05, 0.1) is 28.0 Å². The van der Waals surface area contributed by atoms with E-state index in [0.29, 0.717) is 27.1 Å². The predicted molar refractivity (Wildman–Crippen MR) is 123 cm³/mol. The normalized spacial score (nSPS) is 12.4. The van der Waals surface area contributed by atoms with Gasteiger partial charge in [-0.1, -0.05) is 18.6 Å². The lowest BCUT2D eigenvalue weighted by Gasteiger charge is -2.15. The zero-order valence-corrected chi connectivity index (χ0v) is 17.6. The van der Waals surface area contributed by atoms with Crippen LogP contribution < -0.4 is 11.3 Å². The van der Waals surface area contributed by atoms with Crippen molar-refractivity contribution < 1.29 is 8.83 Å². The van der Waals surface area contributed by atoms with Crippen LogP contribution in [0.5, 0.6) is 0 Å². The Morgan fingerprint density at radius 1 is 0.844 bits per heavy atom. The van der Waals surface area contributed by atoms with Crippen LogP contribution in [0.1, 0.15) is 43.9 Å². The summed E-state index contributed by atoms with van der Waals surface area (Å²) in [6, 6.07) is 12.8. The van der Waals surface area contributed by atoms with Gasteiger partial charge in [0.2, 0.25) is 0 Å². The molecule has 32 heavy (non-hydrogen) atoms. The van der Waals surface area contributed by atoms with Crippen LogP contribution >= 0.6 is 0 Å². The fraction of sp³-hybridized carbons (Fsp3) is 0.154. The zero-order valence-electron chi connectivity index (χ0n) is 17.6. The first-order chi connectivity index (χ1) is 15.4. The maximum absolute atomic E-state index is 12.5. The smallest absolute Gasteiger partial charge is 0.346 e. The summed E-state index contributed by atoms with van der Waals surface area (Å²) in [5, 5.41) is 21.9. The van der Waals surface area contributed by atoms with Crippen molar-refractivity contribution in [2.45, 2.75) is 27.2 Å². The zero-order chi connectivity index (χ0) is 22.7. The Kier molecular flexibility index (Phi) is 4.15. The summed E-state index contributed by atoms with van der Waals surface area (Å²) in [7, 11) is 0. The number of nitrogens with zero attached hydrogens (tertiary/aromatic N) is 2. The molecule has 0 aliphatic heterocycles. The fourth-order valence-corrected chi connectivity index (χ4v) is 4.35. The molecule has 0 saturated heterocycles. The second-order valence-electron chi connectivity index (χ2n) is 7.87. The van der Waals surface area contributed by atoms with Crippen molar-refractivity contribution in [3.05, 3.63) is 73.4 Å². The lowest BCUT2D eigenvalue weighted by molar-refractivity contribution is 0.488. The van der Waals surface area contributed by atoms with Gasteiger partial charge >= 0.3 is 11.3 Å². The minimum atomic E-state index is -0.821. The molecule has 6 nitrogen and oxygen atoms in total. The molecule has 3 aromatic carbocycles. The van der Waals surface area contributed by atoms with Crippen molar-refractivity contribution in [3.8, 4) is 12.1 Å². The van der Waals surface area contributed by atoms with E-state index >= 15 is 0 Å². The molecule has 0 aliphatic carbocycles. The van der Waals surface area contributed by atoms with Crippen molar-refractivity contribution in [2.24, 2.45) is 0 Å². The second-order valence-corrected chi connectivity index (χ2v) is 7.87. The summed E-state index contributed by atoms with van der Waals surface area (Å²) in [5.74, 6) is 0. The van der Waals surface area contributed by atoms with Gasteiger partial charge in [0.1, 0.15) is 11.7 Å². The molecule has 0 fully saturated rings. The average Bonchev–Trinajstić information content (AvgIpc) is 2.81. The first-order valence-electron chi connectivity index (χ1n) is 10.1. The van der Waals surface area contributed by atoms with Crippen molar-refractivity contribution >= 4 is 49.1 Å². The number of hydrogen-bond acceptors (Lipinski definition) is 6. The highest BCUT2D eigenvalue weighted by atomic mass is 16.4. The maximum atomic E-state index is 12.5. The molecule has 0 spiro atoms. The molecular weight excluding hydrogens is 404 g/mol. The Morgan fingerprint density at radius 2 is 1.50 bits per heavy atom. The molecule has 154 valence electrons. The number of nitriles is 2. The molecule has 0 radical (unpaired) electrons. The molecule has 0 aliphatic rings. The van der Waals surface area contributed by atoms with Crippen LogP contribution in [-0.4, -0.2) is 0 Å². The number of hydrogen-bond donors (Lipinski definition) is 0. The van der Waals surface area contributed by atoms with E-state index in [9.17, 15) is 20.1 Å². The van der Waals surface area contributed by atoms with Crippen LogP contribution in [0, 0.1) is 22.7 Å². The van der Waals surface area contributed by atoms with E-state index in [4.69, 9.17) is 8.83 Å². The van der Waals surface area contributed by atoms with Crippen molar-refractivity contribution in [2.75, 3.05) is 0 Å². The van der Waals surface area contributed by atoms with E-state index < -0.39 is 11.3 Å². The molecule has 0 saturated carbocycles. The minimum Gasteiger partial charge on any atom is -0.455 e. The van der Waals surface area contributed by atoms with Gasteiger partial charge < -0.3 is 8.83 Å². The van der Waals surface area contributed by atoms with Gasteiger partial charge in [0.15, 0.2) is 5.58 Å². The number of allylic oxidation sites excluding steroid dienone is 2. The minimum absolute atomic E-state index is 0.113. The van der Waals surface area contributed by atoms with E-state index in [1.54, 1.807) is 0 Å². The highest BCUT2D eigenvalue weighted by Crippen LogP contribution is 2.41. The fourth-order valence-electron chi connectivity index (χ4n) is 4.35. The second kappa shape index (κ2) is 6.80. The lowest BCUT2D eigenvalue weighted by atomic mass is 9.90. The Hall–Kier alpha value is -4.42. The maximum Gasteiger partial charge on any atom is 0.346 e. The van der Waals surface area contributed by atoms with Gasteiger partial charge in [-0.3, -0.25) is 0 Å². The molecular formula is C26H16N2O4. The Bertz CT molecular complexity index is 1810. The molecule has 2 heterocycles. The summed E-state index contributed by atoms with van der Waals surface area (Å²) in [5.41, 5.74) is 2.82. The van der Waals surface area contributed by atoms with Gasteiger partial charge in [-0.05, 0) is 55.7 Å². The Morgan fingerprint density at radius 3 is 2.12 bits per heavy atom. The Labute approximate surface area is 181 Å². The molecule has 0 N–H and O–H groups in total. The Balaban J connectivity index is 2.14. The molecule has 0 atom stereocenters. The summed E-state index contributed by atoms with van der Waals surface area (Å²) >= 11 is 0. The molecule has 5 rings (SSSR count). The SMILES string of the molecule is CC/C(C)=C(/C)c1ccc2oc3c(C#N)cc4c(=O)oc(=O)c5cc(C#N)c(c2c1)c3c45. The van der Waals surface area contributed by atoms with Crippen molar-refractivity contribution in [3.63, 3.8) is 0 Å². The third-order valence-corrected chi connectivity index (χ3v) is 6.29. The molecule has 0 amide bonds. The van der Waals surface area contributed by atoms with E-state index in [2.05, 4.69) is 26.0 Å². The lowest BCUT2D eigenvalue weighted by Crippen LogP contribution is -2.13. The van der Waals surface area contributed by atoms with Crippen LogP contribution in [0.15, 0.2) is 54.3 Å². The van der Waals surface area contributed by atoms with Crippen LogP contribution in [0.2, 0.25) is 0 Å². The number of fused-ring (bicyclic) bond motifs is 2. The van der Waals surface area contributed by atoms with Gasteiger partial charge in [-0.2, -0.15) is 10.5 Å². The molecule has 2 aromatic heterocycles. The predicted octanol–water partition coefficient (Wildman–Crippen LogP) is 5.59. The first-order valence-corrected chi connectivity index (χ1v) is 10.1. The molecule has 0 bridgehead atoms. The highest BCUT2D eigenvalue weighted by Gasteiger charge is 2.23. The topological polar surface area (TPSA) is 108 Å². The standard InChI is InChI=1S/C26H16N2O4/c1-4-12(2)13(3)14-5-6-20-17(7-14)21-15(10-27)8-18-22-19(26(30)32-25(18)29)9-16(11-28)24(31-20)23(21)22/h5-9H,4H2,1-3H3/b13-12-. The monoisotopic (exact) mass is 420 g/mol. The van der Waals surface area contributed by atoms with Crippen LogP contribution in [0.3, 0.4) is 0 Å².